The molecule has 1 fully saturated rings. The zero-order valence-electron chi connectivity index (χ0n) is 10.4. The summed E-state index contributed by atoms with van der Waals surface area (Å²) in [6.45, 7) is 0. The Morgan fingerprint density at radius 1 is 1.42 bits per heavy atom. The topological polar surface area (TPSA) is 51.4 Å². The highest BCUT2D eigenvalue weighted by Gasteiger charge is 2.25. The van der Waals surface area contributed by atoms with Crippen molar-refractivity contribution in [2.75, 3.05) is 11.5 Å². The number of sulfone groups is 1. The Labute approximate surface area is 117 Å². The van der Waals surface area contributed by atoms with Gasteiger partial charge in [0.25, 0.3) is 0 Å². The summed E-state index contributed by atoms with van der Waals surface area (Å²) >= 11 is 5.99. The second-order valence-corrected chi connectivity index (χ2v) is 7.81. The minimum atomic E-state index is -2.86. The minimum absolute atomic E-state index is 0.170. The molecule has 102 valence electrons. The summed E-state index contributed by atoms with van der Waals surface area (Å²) in [5.41, 5.74) is 0.984. The van der Waals surface area contributed by atoms with E-state index in [4.69, 9.17) is 11.6 Å². The molecule has 1 aliphatic rings. The summed E-state index contributed by atoms with van der Waals surface area (Å²) in [7, 11) is -2.86. The average molecular weight is 299 g/mol. The summed E-state index contributed by atoms with van der Waals surface area (Å²) in [6.07, 6.45) is 6.03. The average Bonchev–Trinajstić information content (AvgIpc) is 2.71. The van der Waals surface area contributed by atoms with Crippen molar-refractivity contribution < 1.29 is 8.42 Å². The number of nitrogens with zero attached hydrogens (tertiary/aromatic N) is 2. The smallest absolute Gasteiger partial charge is 0.150 e. The third-order valence-electron chi connectivity index (χ3n) is 3.60. The van der Waals surface area contributed by atoms with Crippen molar-refractivity contribution in [1.82, 2.24) is 9.38 Å². The van der Waals surface area contributed by atoms with Gasteiger partial charge in [-0.25, -0.2) is 13.4 Å². The van der Waals surface area contributed by atoms with Crippen LogP contribution >= 0.6 is 11.6 Å². The van der Waals surface area contributed by atoms with E-state index < -0.39 is 9.84 Å². The van der Waals surface area contributed by atoms with Gasteiger partial charge in [-0.15, -0.1) is 0 Å². The van der Waals surface area contributed by atoms with Crippen molar-refractivity contribution in [2.45, 2.75) is 19.3 Å². The Hall–Kier alpha value is -1.07. The molecule has 0 spiro atoms. The Kier molecular flexibility index (Phi) is 3.27. The van der Waals surface area contributed by atoms with Crippen LogP contribution in [0.4, 0.5) is 0 Å². The van der Waals surface area contributed by atoms with E-state index in [0.29, 0.717) is 17.2 Å². The van der Waals surface area contributed by atoms with Crippen molar-refractivity contribution in [3.8, 4) is 0 Å². The van der Waals surface area contributed by atoms with Gasteiger partial charge in [0.2, 0.25) is 0 Å². The van der Waals surface area contributed by atoms with E-state index in [0.717, 1.165) is 24.2 Å². The second-order valence-electron chi connectivity index (χ2n) is 5.14. The van der Waals surface area contributed by atoms with Crippen LogP contribution in [-0.4, -0.2) is 29.3 Å². The third-order valence-corrected chi connectivity index (χ3v) is 5.71. The van der Waals surface area contributed by atoms with Crippen LogP contribution in [0.15, 0.2) is 24.5 Å². The molecule has 1 unspecified atom stereocenters. The number of hydrogen-bond acceptors (Lipinski definition) is 3. The zero-order valence-corrected chi connectivity index (χ0v) is 12.0. The van der Waals surface area contributed by atoms with Gasteiger partial charge in [-0.3, -0.25) is 0 Å². The van der Waals surface area contributed by atoms with Crippen molar-refractivity contribution in [1.29, 1.82) is 0 Å². The van der Waals surface area contributed by atoms with Crippen LogP contribution in [0.1, 0.15) is 18.7 Å². The van der Waals surface area contributed by atoms with Crippen LogP contribution in [0.2, 0.25) is 5.02 Å². The highest BCUT2D eigenvalue weighted by atomic mass is 35.5. The van der Waals surface area contributed by atoms with E-state index in [1.54, 1.807) is 6.20 Å². The number of aromatic nitrogens is 2. The first-order valence-electron chi connectivity index (χ1n) is 6.35. The number of hydrogen-bond donors (Lipinski definition) is 0. The van der Waals surface area contributed by atoms with Crippen molar-refractivity contribution >= 4 is 27.0 Å². The first-order chi connectivity index (χ1) is 9.03. The maximum Gasteiger partial charge on any atom is 0.150 e. The van der Waals surface area contributed by atoms with Crippen molar-refractivity contribution in [3.63, 3.8) is 0 Å². The standard InChI is InChI=1S/C13H15ClN2O2S/c14-11-3-4-12-7-15-13(16(12)8-11)6-10-2-1-5-19(17,18)9-10/h3-4,7-8,10H,1-2,5-6,9H2. The molecule has 0 radical (unpaired) electrons. The maximum absolute atomic E-state index is 11.7. The van der Waals surface area contributed by atoms with Gasteiger partial charge in [-0.2, -0.15) is 0 Å². The largest absolute Gasteiger partial charge is 0.302 e. The fourth-order valence-corrected chi connectivity index (χ4v) is 4.64. The fourth-order valence-electron chi connectivity index (χ4n) is 2.71. The molecule has 1 saturated heterocycles. The highest BCUT2D eigenvalue weighted by Crippen LogP contribution is 2.23. The van der Waals surface area contributed by atoms with Crippen LogP contribution in [-0.2, 0) is 16.3 Å². The summed E-state index contributed by atoms with van der Waals surface area (Å²) in [5, 5.41) is 0.656. The lowest BCUT2D eigenvalue weighted by molar-refractivity contribution is 0.475. The molecule has 0 amide bonds. The zero-order chi connectivity index (χ0) is 13.5. The monoisotopic (exact) mass is 298 g/mol. The van der Waals surface area contributed by atoms with Crippen molar-refractivity contribution in [3.05, 3.63) is 35.4 Å². The molecule has 0 bridgehead atoms. The van der Waals surface area contributed by atoms with E-state index in [9.17, 15) is 8.42 Å². The first-order valence-corrected chi connectivity index (χ1v) is 8.55. The van der Waals surface area contributed by atoms with E-state index in [1.807, 2.05) is 22.7 Å². The van der Waals surface area contributed by atoms with Crippen molar-refractivity contribution in [2.24, 2.45) is 5.92 Å². The van der Waals surface area contributed by atoms with E-state index >= 15 is 0 Å². The lowest BCUT2D eigenvalue weighted by Crippen LogP contribution is -2.27. The number of pyridine rings is 1. The lowest BCUT2D eigenvalue weighted by Gasteiger charge is -2.21. The Morgan fingerprint density at radius 2 is 2.26 bits per heavy atom. The molecule has 0 N–H and O–H groups in total. The molecule has 19 heavy (non-hydrogen) atoms. The quantitative estimate of drug-likeness (QED) is 0.855. The molecule has 4 nitrogen and oxygen atoms in total. The molecule has 1 aliphatic heterocycles. The lowest BCUT2D eigenvalue weighted by atomic mass is 10.0. The molecular weight excluding hydrogens is 284 g/mol. The SMILES string of the molecule is O=S1(=O)CCCC(Cc2ncc3ccc(Cl)cn23)C1. The highest BCUT2D eigenvalue weighted by molar-refractivity contribution is 7.91. The van der Waals surface area contributed by atoms with Crippen LogP contribution < -0.4 is 0 Å². The van der Waals surface area contributed by atoms with Gasteiger partial charge in [0, 0.05) is 12.6 Å². The molecule has 0 saturated carbocycles. The third kappa shape index (κ3) is 2.77. The summed E-state index contributed by atoms with van der Waals surface area (Å²) in [6, 6.07) is 3.74. The van der Waals surface area contributed by atoms with Gasteiger partial charge in [-0.05, 0) is 30.9 Å². The Bertz CT molecular complexity index is 709. The van der Waals surface area contributed by atoms with E-state index in [1.165, 1.54) is 0 Å². The summed E-state index contributed by atoms with van der Waals surface area (Å²) in [5.74, 6) is 1.67. The molecular formula is C13H15ClN2O2S. The van der Waals surface area contributed by atoms with E-state index in [-0.39, 0.29) is 11.7 Å². The Balaban J connectivity index is 1.87. The molecule has 0 aliphatic carbocycles. The van der Waals surface area contributed by atoms with Gasteiger partial charge in [-0.1, -0.05) is 11.6 Å². The van der Waals surface area contributed by atoms with Crippen LogP contribution in [0.3, 0.4) is 0 Å². The molecule has 2 aromatic rings. The summed E-state index contributed by atoms with van der Waals surface area (Å²) < 4.78 is 25.3. The number of imidazole rings is 1. The van der Waals surface area contributed by atoms with Gasteiger partial charge >= 0.3 is 0 Å². The normalized spacial score (nSPS) is 22.7. The molecule has 3 heterocycles. The predicted molar refractivity (Wildman–Crippen MR) is 75.3 cm³/mol. The van der Waals surface area contributed by atoms with Gasteiger partial charge in [0.15, 0.2) is 9.84 Å². The second kappa shape index (κ2) is 4.80. The van der Waals surface area contributed by atoms with Gasteiger partial charge in [0.05, 0.1) is 28.2 Å². The number of halogens is 1. The van der Waals surface area contributed by atoms with E-state index in [2.05, 4.69) is 4.98 Å². The Morgan fingerprint density at radius 3 is 3.05 bits per heavy atom. The van der Waals surface area contributed by atoms with Crippen LogP contribution in [0.25, 0.3) is 5.52 Å². The molecule has 0 aromatic carbocycles. The molecule has 2 aromatic heterocycles. The molecule has 1 atom stereocenters. The van der Waals surface area contributed by atoms with Gasteiger partial charge in [0.1, 0.15) is 5.82 Å². The van der Waals surface area contributed by atoms with Crippen LogP contribution in [0, 0.1) is 5.92 Å². The molecule has 6 heteroatoms. The van der Waals surface area contributed by atoms with Gasteiger partial charge < -0.3 is 4.40 Å². The number of fused-ring (bicyclic) bond motifs is 1. The number of rotatable bonds is 2. The fraction of sp³-hybridized carbons (Fsp3) is 0.462. The van der Waals surface area contributed by atoms with Crippen LogP contribution in [0.5, 0.6) is 0 Å². The first kappa shape index (κ1) is 12.9. The maximum atomic E-state index is 11.7. The summed E-state index contributed by atoms with van der Waals surface area (Å²) in [4.78, 5) is 4.39. The predicted octanol–water partition coefficient (Wildman–Crippen LogP) is 2.36. The minimum Gasteiger partial charge on any atom is -0.302 e. The molecule has 3 rings (SSSR count).